The summed E-state index contributed by atoms with van der Waals surface area (Å²) in [6.07, 6.45) is 3.00. The Hall–Kier alpha value is -0.985. The van der Waals surface area contributed by atoms with E-state index in [4.69, 9.17) is 7.98 Å². The molecule has 0 N–H and O–H groups in total. The van der Waals surface area contributed by atoms with Gasteiger partial charge in [-0.15, -0.1) is 0 Å². The molecule has 0 aliphatic carbocycles. The summed E-state index contributed by atoms with van der Waals surface area (Å²) in [6, 6.07) is 2.81. The van der Waals surface area contributed by atoms with Crippen LogP contribution in [-0.4, -0.2) is 12.5 Å². The van der Waals surface area contributed by atoms with Gasteiger partial charge >= 0.3 is 0 Å². The molecule has 2 radical (unpaired) electrons. The van der Waals surface area contributed by atoms with Crippen LogP contribution in [0.1, 0.15) is 13.8 Å². The average Bonchev–Trinajstić information content (AvgIpc) is 2.00. The molecule has 10 heavy (non-hydrogen) atoms. The molecule has 52 valence electrons. The number of aromatic nitrogens is 1. The maximum Gasteiger partial charge on any atom is 0.233 e. The fourth-order valence-corrected chi connectivity index (χ4v) is 0.424. The Morgan fingerprint density at radius 3 is 2.00 bits per heavy atom. The Balaban J connectivity index is 0.000000371. The third kappa shape index (κ3) is 3.12. The van der Waals surface area contributed by atoms with Crippen molar-refractivity contribution in [1.82, 2.24) is 4.48 Å². The van der Waals surface area contributed by atoms with Gasteiger partial charge in [0.2, 0.25) is 7.98 Å². The van der Waals surface area contributed by atoms with Crippen molar-refractivity contribution in [3.8, 4) is 0 Å². The summed E-state index contributed by atoms with van der Waals surface area (Å²) in [6.45, 7) is 4.00. The minimum absolute atomic E-state index is 0.0216. The number of nitrogens with zero attached hydrogens (tertiary/aromatic N) is 1. The molecule has 1 heterocycles. The van der Waals surface area contributed by atoms with Gasteiger partial charge in [-0.25, -0.2) is 0 Å². The van der Waals surface area contributed by atoms with Crippen LogP contribution in [0.3, 0.4) is 0 Å². The Morgan fingerprint density at radius 1 is 1.30 bits per heavy atom. The van der Waals surface area contributed by atoms with Gasteiger partial charge in [-0.3, -0.25) is 4.79 Å². The van der Waals surface area contributed by atoms with Crippen LogP contribution in [-0.2, 0) is 0 Å². The van der Waals surface area contributed by atoms with Crippen molar-refractivity contribution < 1.29 is 0 Å². The molecule has 1 rings (SSSR count). The van der Waals surface area contributed by atoms with E-state index in [0.29, 0.717) is 0 Å². The first-order chi connectivity index (χ1) is 4.79. The molecule has 0 aromatic carbocycles. The van der Waals surface area contributed by atoms with E-state index in [1.54, 1.807) is 0 Å². The highest BCUT2D eigenvalue weighted by Gasteiger charge is 1.76. The minimum atomic E-state index is -0.0216. The topological polar surface area (TPSA) is 22.0 Å². The van der Waals surface area contributed by atoms with Gasteiger partial charge in [0, 0.05) is 12.1 Å². The van der Waals surface area contributed by atoms with E-state index in [2.05, 4.69) is 0 Å². The second-order valence-corrected chi connectivity index (χ2v) is 1.48. The lowest BCUT2D eigenvalue weighted by Crippen LogP contribution is -2.00. The zero-order chi connectivity index (χ0) is 7.98. The van der Waals surface area contributed by atoms with Gasteiger partial charge in [0.15, 0.2) is 5.43 Å². The molecule has 1 aromatic heterocycles. The van der Waals surface area contributed by atoms with Crippen molar-refractivity contribution >= 4 is 7.98 Å². The van der Waals surface area contributed by atoms with Crippen LogP contribution in [0.5, 0.6) is 0 Å². The van der Waals surface area contributed by atoms with Gasteiger partial charge < -0.3 is 4.48 Å². The van der Waals surface area contributed by atoms with Gasteiger partial charge in [0.05, 0.1) is 0 Å². The van der Waals surface area contributed by atoms with Crippen LogP contribution in [0.4, 0.5) is 0 Å². The molecule has 1 aromatic rings. The maximum absolute atomic E-state index is 10.4. The minimum Gasteiger partial charge on any atom is -0.409 e. The van der Waals surface area contributed by atoms with Crippen molar-refractivity contribution in [1.29, 1.82) is 0 Å². The number of pyridine rings is 1. The van der Waals surface area contributed by atoms with Crippen LogP contribution in [0.15, 0.2) is 29.3 Å². The second kappa shape index (κ2) is 4.85. The Morgan fingerprint density at radius 2 is 1.70 bits per heavy atom. The molecular formula is C7H10BNO. The summed E-state index contributed by atoms with van der Waals surface area (Å²) < 4.78 is 1.32. The summed E-state index contributed by atoms with van der Waals surface area (Å²) in [4.78, 5) is 10.4. The van der Waals surface area contributed by atoms with Crippen LogP contribution in [0.25, 0.3) is 0 Å². The van der Waals surface area contributed by atoms with E-state index in [1.807, 2.05) is 13.8 Å². The molecule has 3 heteroatoms. The predicted molar refractivity (Wildman–Crippen MR) is 43.2 cm³/mol. The first kappa shape index (κ1) is 9.01. The molecular weight excluding hydrogens is 125 g/mol. The SMILES string of the molecule is CC.[B]n1ccc(=O)cc1. The van der Waals surface area contributed by atoms with Crippen LogP contribution < -0.4 is 5.43 Å². The van der Waals surface area contributed by atoms with Gasteiger partial charge in [0.25, 0.3) is 0 Å². The van der Waals surface area contributed by atoms with E-state index < -0.39 is 0 Å². The Labute approximate surface area is 61.9 Å². The first-order valence-corrected chi connectivity index (χ1v) is 3.22. The molecule has 0 atom stereocenters. The highest BCUT2D eigenvalue weighted by Crippen LogP contribution is 1.72. The largest absolute Gasteiger partial charge is 0.409 e. The molecule has 0 fully saturated rings. The second-order valence-electron chi connectivity index (χ2n) is 1.48. The summed E-state index contributed by atoms with van der Waals surface area (Å²) in [5.41, 5.74) is -0.0216. The number of hydrogen-bond acceptors (Lipinski definition) is 1. The molecule has 0 saturated heterocycles. The van der Waals surface area contributed by atoms with Crippen molar-refractivity contribution in [3.63, 3.8) is 0 Å². The molecule has 0 unspecified atom stereocenters. The van der Waals surface area contributed by atoms with E-state index in [9.17, 15) is 4.79 Å². The zero-order valence-corrected chi connectivity index (χ0v) is 6.24. The van der Waals surface area contributed by atoms with Crippen LogP contribution >= 0.6 is 0 Å². The van der Waals surface area contributed by atoms with E-state index >= 15 is 0 Å². The molecule has 0 aliphatic heterocycles. The van der Waals surface area contributed by atoms with Crippen molar-refractivity contribution in [2.24, 2.45) is 0 Å². The van der Waals surface area contributed by atoms with Crippen molar-refractivity contribution in [2.75, 3.05) is 0 Å². The molecule has 0 bridgehead atoms. The van der Waals surface area contributed by atoms with Crippen molar-refractivity contribution in [3.05, 3.63) is 34.7 Å². The third-order valence-corrected chi connectivity index (χ3v) is 0.822. The normalized spacial score (nSPS) is 7.80. The van der Waals surface area contributed by atoms with Gasteiger partial charge in [0.1, 0.15) is 0 Å². The van der Waals surface area contributed by atoms with E-state index in [0.717, 1.165) is 0 Å². The summed E-state index contributed by atoms with van der Waals surface area (Å²) in [5.74, 6) is 0. The highest BCUT2D eigenvalue weighted by molar-refractivity contribution is 6.06. The van der Waals surface area contributed by atoms with E-state index in [1.165, 1.54) is 29.0 Å². The first-order valence-electron chi connectivity index (χ1n) is 3.22. The summed E-state index contributed by atoms with van der Waals surface area (Å²) in [5, 5.41) is 0. The Bertz CT molecular complexity index is 211. The number of hydrogen-bond donors (Lipinski definition) is 0. The van der Waals surface area contributed by atoms with Gasteiger partial charge in [-0.2, -0.15) is 0 Å². The molecule has 0 spiro atoms. The maximum atomic E-state index is 10.4. The quantitative estimate of drug-likeness (QED) is 0.482. The highest BCUT2D eigenvalue weighted by atomic mass is 16.1. The molecule has 2 nitrogen and oxygen atoms in total. The summed E-state index contributed by atoms with van der Waals surface area (Å²) in [7, 11) is 5.20. The lowest BCUT2D eigenvalue weighted by atomic mass is 10.3. The fraction of sp³-hybridized carbons (Fsp3) is 0.286. The standard InChI is InChI=1S/C5H4BNO.C2H6/c6-7-3-1-5(8)2-4-7;1-2/h1-4H;1-2H3. The van der Waals surface area contributed by atoms with Gasteiger partial charge in [-0.1, -0.05) is 13.8 Å². The van der Waals surface area contributed by atoms with Crippen LogP contribution in [0.2, 0.25) is 0 Å². The average molecular weight is 135 g/mol. The predicted octanol–water partition coefficient (Wildman–Crippen LogP) is 0.806. The molecule has 0 saturated carbocycles. The summed E-state index contributed by atoms with van der Waals surface area (Å²) >= 11 is 0. The lowest BCUT2D eigenvalue weighted by molar-refractivity contribution is 1.19. The smallest absolute Gasteiger partial charge is 0.233 e. The molecule has 0 amide bonds. The van der Waals surface area contributed by atoms with E-state index in [-0.39, 0.29) is 5.43 Å². The number of rotatable bonds is 0. The monoisotopic (exact) mass is 135 g/mol. The van der Waals surface area contributed by atoms with Crippen LogP contribution in [0, 0.1) is 0 Å². The third-order valence-electron chi connectivity index (χ3n) is 0.822. The van der Waals surface area contributed by atoms with Gasteiger partial charge in [-0.05, 0) is 12.4 Å². The van der Waals surface area contributed by atoms with Crippen molar-refractivity contribution in [2.45, 2.75) is 13.8 Å². The zero-order valence-electron chi connectivity index (χ0n) is 6.24. The Kier molecular flexibility index (Phi) is 4.38. The lowest BCUT2D eigenvalue weighted by Gasteiger charge is -1.90. The molecule has 0 aliphatic rings. The fourth-order valence-electron chi connectivity index (χ4n) is 0.424.